The van der Waals surface area contributed by atoms with Crippen LogP contribution in [0.15, 0.2) is 42.5 Å². The smallest absolute Gasteiger partial charge is 0.416 e. The van der Waals surface area contributed by atoms with E-state index in [-0.39, 0.29) is 36.7 Å². The van der Waals surface area contributed by atoms with Gasteiger partial charge in [-0.15, -0.1) is 0 Å². The van der Waals surface area contributed by atoms with Crippen LogP contribution >= 0.6 is 0 Å². The van der Waals surface area contributed by atoms with Crippen molar-refractivity contribution >= 4 is 17.5 Å². The molecule has 0 saturated heterocycles. The fourth-order valence-electron chi connectivity index (χ4n) is 3.88. The number of nitrogens with zero attached hydrogens (tertiary/aromatic N) is 2. The third kappa shape index (κ3) is 4.72. The van der Waals surface area contributed by atoms with Gasteiger partial charge < -0.3 is 19.6 Å². The van der Waals surface area contributed by atoms with Crippen molar-refractivity contribution in [2.75, 3.05) is 32.1 Å². The summed E-state index contributed by atoms with van der Waals surface area (Å²) in [5.41, 5.74) is -0.286. The molecule has 0 saturated carbocycles. The first kappa shape index (κ1) is 23.6. The molecule has 2 aromatic rings. The number of hydrogen-bond donors (Lipinski definition) is 1. The van der Waals surface area contributed by atoms with E-state index < -0.39 is 29.7 Å². The van der Waals surface area contributed by atoms with Crippen molar-refractivity contribution in [3.05, 3.63) is 59.2 Å². The predicted molar refractivity (Wildman–Crippen MR) is 113 cm³/mol. The maximum atomic E-state index is 13.8. The summed E-state index contributed by atoms with van der Waals surface area (Å²) in [7, 11) is 3.02. The Hall–Kier alpha value is -3.07. The second kappa shape index (κ2) is 9.20. The van der Waals surface area contributed by atoms with Crippen LogP contribution in [0.3, 0.4) is 0 Å². The molecule has 0 aliphatic carbocycles. The van der Waals surface area contributed by atoms with Crippen LogP contribution in [-0.4, -0.2) is 55.2 Å². The average molecular weight is 450 g/mol. The topological polar surface area (TPSA) is 70.1 Å². The molecule has 2 amide bonds. The molecule has 0 spiro atoms. The molecular formula is C23H25F3N2O4. The van der Waals surface area contributed by atoms with E-state index in [2.05, 4.69) is 0 Å². The second-order valence-electron chi connectivity index (χ2n) is 7.76. The molecule has 1 aliphatic heterocycles. The predicted octanol–water partition coefficient (Wildman–Crippen LogP) is 3.23. The lowest BCUT2D eigenvalue weighted by atomic mass is 9.86. The fraction of sp³-hybridized carbons (Fsp3) is 0.391. The van der Waals surface area contributed by atoms with Gasteiger partial charge in [0.15, 0.2) is 0 Å². The van der Waals surface area contributed by atoms with Crippen molar-refractivity contribution in [2.24, 2.45) is 0 Å². The van der Waals surface area contributed by atoms with Crippen LogP contribution in [0.5, 0.6) is 5.75 Å². The number of methoxy groups -OCH3 is 1. The lowest BCUT2D eigenvalue weighted by molar-refractivity contribution is -0.138. The van der Waals surface area contributed by atoms with E-state index in [9.17, 15) is 27.9 Å². The standard InChI is InChI=1S/C23H25F3N2O4/c1-14(29)27(2)11-12-28-20-6-4-5-19(23(24,25)26)18(20)13-17(21(30)22(28)31)15-7-9-16(32-3)10-8-15/h4-10,17,21,30H,11-13H2,1-3H3/t17-,21+/m0/s1. The minimum atomic E-state index is -4.63. The first-order chi connectivity index (χ1) is 15.0. The van der Waals surface area contributed by atoms with E-state index in [1.165, 1.54) is 38.1 Å². The van der Waals surface area contributed by atoms with Gasteiger partial charge in [0.2, 0.25) is 5.91 Å². The molecule has 1 aliphatic rings. The Balaban J connectivity index is 2.10. The van der Waals surface area contributed by atoms with Crippen LogP contribution in [0.25, 0.3) is 0 Å². The maximum Gasteiger partial charge on any atom is 0.416 e. The van der Waals surface area contributed by atoms with Gasteiger partial charge in [0.05, 0.1) is 12.7 Å². The number of aliphatic hydroxyl groups excluding tert-OH is 1. The molecule has 3 rings (SSSR count). The van der Waals surface area contributed by atoms with Crippen molar-refractivity contribution < 1.29 is 32.6 Å². The van der Waals surface area contributed by atoms with Crippen LogP contribution in [0.4, 0.5) is 18.9 Å². The van der Waals surface area contributed by atoms with Gasteiger partial charge in [-0.25, -0.2) is 0 Å². The van der Waals surface area contributed by atoms with Crippen molar-refractivity contribution in [1.29, 1.82) is 0 Å². The number of benzene rings is 2. The van der Waals surface area contributed by atoms with Gasteiger partial charge >= 0.3 is 6.18 Å². The van der Waals surface area contributed by atoms with Crippen molar-refractivity contribution in [2.45, 2.75) is 31.5 Å². The summed E-state index contributed by atoms with van der Waals surface area (Å²) in [4.78, 5) is 27.3. The van der Waals surface area contributed by atoms with Gasteiger partial charge in [0.1, 0.15) is 11.9 Å². The highest BCUT2D eigenvalue weighted by molar-refractivity contribution is 5.99. The number of fused-ring (bicyclic) bond motifs is 1. The summed E-state index contributed by atoms with van der Waals surface area (Å²) in [5.74, 6) is -1.28. The molecule has 9 heteroatoms. The third-order valence-corrected chi connectivity index (χ3v) is 5.81. The zero-order valence-corrected chi connectivity index (χ0v) is 18.0. The van der Waals surface area contributed by atoms with Gasteiger partial charge in [-0.05, 0) is 41.8 Å². The van der Waals surface area contributed by atoms with Crippen LogP contribution in [0.1, 0.15) is 29.5 Å². The van der Waals surface area contributed by atoms with Crippen LogP contribution in [-0.2, 0) is 22.2 Å². The van der Waals surface area contributed by atoms with E-state index in [4.69, 9.17) is 4.74 Å². The number of alkyl halides is 3. The van der Waals surface area contributed by atoms with Crippen LogP contribution in [0.2, 0.25) is 0 Å². The summed E-state index contributed by atoms with van der Waals surface area (Å²) >= 11 is 0. The normalized spacial score (nSPS) is 18.7. The van der Waals surface area contributed by atoms with E-state index in [1.54, 1.807) is 24.3 Å². The molecular weight excluding hydrogens is 425 g/mol. The molecule has 0 fully saturated rings. The monoisotopic (exact) mass is 450 g/mol. The van der Waals surface area contributed by atoms with E-state index in [0.29, 0.717) is 11.3 Å². The number of hydrogen-bond acceptors (Lipinski definition) is 4. The summed E-state index contributed by atoms with van der Waals surface area (Å²) in [6, 6.07) is 10.2. The molecule has 0 bridgehead atoms. The quantitative estimate of drug-likeness (QED) is 0.760. The van der Waals surface area contributed by atoms with Gasteiger partial charge in [-0.1, -0.05) is 18.2 Å². The Kier molecular flexibility index (Phi) is 6.78. The van der Waals surface area contributed by atoms with Crippen molar-refractivity contribution in [3.8, 4) is 5.75 Å². The number of rotatable bonds is 5. The SMILES string of the molecule is COc1ccc([C@@H]2Cc3c(cccc3C(F)(F)F)N(CCN(C)C(C)=O)C(=O)[C@@H]2O)cc1. The Labute approximate surface area is 184 Å². The molecule has 6 nitrogen and oxygen atoms in total. The number of ether oxygens (including phenoxy) is 1. The summed E-state index contributed by atoms with van der Waals surface area (Å²) in [5, 5.41) is 10.9. The second-order valence-corrected chi connectivity index (χ2v) is 7.76. The number of aliphatic hydroxyl groups is 1. The Bertz CT molecular complexity index is 992. The third-order valence-electron chi connectivity index (χ3n) is 5.81. The maximum absolute atomic E-state index is 13.8. The zero-order valence-electron chi connectivity index (χ0n) is 18.0. The van der Waals surface area contributed by atoms with Crippen molar-refractivity contribution in [1.82, 2.24) is 4.90 Å². The molecule has 172 valence electrons. The first-order valence-electron chi connectivity index (χ1n) is 10.1. The average Bonchev–Trinajstić information content (AvgIpc) is 2.86. The van der Waals surface area contributed by atoms with E-state index in [0.717, 1.165) is 11.0 Å². The summed E-state index contributed by atoms with van der Waals surface area (Å²) < 4.78 is 46.6. The lowest BCUT2D eigenvalue weighted by Crippen LogP contribution is -2.44. The number of carbonyl (C=O) groups excluding carboxylic acids is 2. The zero-order chi connectivity index (χ0) is 23.6. The number of amides is 2. The minimum absolute atomic E-state index is 0.0460. The summed E-state index contributed by atoms with van der Waals surface area (Å²) in [6.45, 7) is 1.42. The van der Waals surface area contributed by atoms with Gasteiger partial charge in [0, 0.05) is 38.7 Å². The Morgan fingerprint density at radius 3 is 2.44 bits per heavy atom. The number of likely N-dealkylation sites (N-methyl/N-ethyl adjacent to an activating group) is 1. The largest absolute Gasteiger partial charge is 0.497 e. The van der Waals surface area contributed by atoms with E-state index in [1.807, 2.05) is 0 Å². The molecule has 32 heavy (non-hydrogen) atoms. The highest BCUT2D eigenvalue weighted by Crippen LogP contribution is 2.42. The molecule has 1 heterocycles. The van der Waals surface area contributed by atoms with Crippen LogP contribution in [0, 0.1) is 0 Å². The highest BCUT2D eigenvalue weighted by atomic mass is 19.4. The Morgan fingerprint density at radius 1 is 1.22 bits per heavy atom. The van der Waals surface area contributed by atoms with E-state index >= 15 is 0 Å². The number of anilines is 1. The van der Waals surface area contributed by atoms with Gasteiger partial charge in [-0.2, -0.15) is 13.2 Å². The molecule has 2 atom stereocenters. The number of carbonyl (C=O) groups is 2. The Morgan fingerprint density at radius 2 is 1.88 bits per heavy atom. The molecule has 0 unspecified atom stereocenters. The molecule has 2 aromatic carbocycles. The minimum Gasteiger partial charge on any atom is -0.497 e. The number of halogens is 3. The first-order valence-corrected chi connectivity index (χ1v) is 10.1. The fourth-order valence-corrected chi connectivity index (χ4v) is 3.88. The molecule has 1 N–H and O–H groups in total. The molecule has 0 aromatic heterocycles. The van der Waals surface area contributed by atoms with Gasteiger partial charge in [0.25, 0.3) is 5.91 Å². The van der Waals surface area contributed by atoms with Crippen LogP contribution < -0.4 is 9.64 Å². The molecule has 0 radical (unpaired) electrons. The lowest BCUT2D eigenvalue weighted by Gasteiger charge is -2.28. The van der Waals surface area contributed by atoms with Crippen molar-refractivity contribution in [3.63, 3.8) is 0 Å². The summed E-state index contributed by atoms with van der Waals surface area (Å²) in [6.07, 6.45) is -6.36. The highest BCUT2D eigenvalue weighted by Gasteiger charge is 2.41. The van der Waals surface area contributed by atoms with Gasteiger partial charge in [-0.3, -0.25) is 9.59 Å².